The molecule has 0 saturated heterocycles. The Morgan fingerprint density at radius 2 is 1.30 bits per heavy atom. The molecule has 23 heavy (non-hydrogen) atoms. The number of hydrogen-bond acceptors (Lipinski definition) is 7. The number of halogens is 1. The monoisotopic (exact) mass is 368 g/mol. The maximum atomic E-state index is 9.33. The van der Waals surface area contributed by atoms with Crippen LogP contribution >= 0.6 is 12.4 Å². The van der Waals surface area contributed by atoms with Gasteiger partial charge in [0.25, 0.3) is 0 Å². The molecule has 0 atom stereocenters. The van der Waals surface area contributed by atoms with Crippen LogP contribution in [0, 0.1) is 0 Å². The first-order chi connectivity index (χ1) is 10.2. The molecule has 134 valence electrons. The van der Waals surface area contributed by atoms with Crippen LogP contribution in [0.25, 0.3) is 0 Å². The van der Waals surface area contributed by atoms with Crippen molar-refractivity contribution in [3.63, 3.8) is 0 Å². The molecule has 0 saturated carbocycles. The molecular weight excluding hydrogens is 344 g/mol. The van der Waals surface area contributed by atoms with Gasteiger partial charge in [0.15, 0.2) is 0 Å². The van der Waals surface area contributed by atoms with Crippen LogP contribution in [0.3, 0.4) is 0 Å². The molecule has 0 aromatic carbocycles. The molecule has 2 heterocycles. The molecular formula is C13H25ClN4O4S. The van der Waals surface area contributed by atoms with Crippen LogP contribution in [-0.2, 0) is 14.6 Å². The van der Waals surface area contributed by atoms with Crippen molar-refractivity contribution in [1.82, 2.24) is 19.6 Å². The second-order valence-corrected chi connectivity index (χ2v) is 5.57. The summed E-state index contributed by atoms with van der Waals surface area (Å²) < 4.78 is 29.7. The van der Waals surface area contributed by atoms with Gasteiger partial charge in [-0.15, -0.1) is 12.4 Å². The summed E-state index contributed by atoms with van der Waals surface area (Å²) in [6.45, 7) is 9.12. The summed E-state index contributed by atoms with van der Waals surface area (Å²) >= 11 is 0. The predicted molar refractivity (Wildman–Crippen MR) is 93.4 cm³/mol. The van der Waals surface area contributed by atoms with E-state index in [2.05, 4.69) is 27.1 Å². The molecule has 2 aliphatic heterocycles. The van der Waals surface area contributed by atoms with E-state index in [0.717, 1.165) is 20.4 Å². The number of hydrogen-bond donors (Lipinski definition) is 1. The summed E-state index contributed by atoms with van der Waals surface area (Å²) in [6.07, 6.45) is 11.6. The van der Waals surface area contributed by atoms with Gasteiger partial charge in [-0.1, -0.05) is 13.2 Å². The Balaban J connectivity index is 0. The van der Waals surface area contributed by atoms with Crippen molar-refractivity contribution in [3.05, 3.63) is 50.4 Å². The third-order valence-corrected chi connectivity index (χ3v) is 2.90. The lowest BCUT2D eigenvalue weighted by atomic mass is 10.8. The minimum atomic E-state index is -4.16. The molecule has 8 nitrogen and oxygen atoms in total. The van der Waals surface area contributed by atoms with Crippen molar-refractivity contribution in [2.24, 2.45) is 0 Å². The molecule has 1 N–H and O–H groups in total. The van der Waals surface area contributed by atoms with Crippen molar-refractivity contribution in [1.29, 1.82) is 0 Å². The smallest absolute Gasteiger partial charge is 0.361 e. The highest BCUT2D eigenvalue weighted by Crippen LogP contribution is 2.02. The molecule has 2 aliphatic rings. The van der Waals surface area contributed by atoms with Crippen LogP contribution in [0.2, 0.25) is 0 Å². The first-order valence-electron chi connectivity index (χ1n) is 6.28. The second kappa shape index (κ2) is 11.8. The first-order valence-corrected chi connectivity index (χ1v) is 7.65. The fraction of sp³-hybridized carbons (Fsp3) is 0.385. The van der Waals surface area contributed by atoms with E-state index < -0.39 is 10.4 Å². The summed E-state index contributed by atoms with van der Waals surface area (Å²) in [6, 6.07) is 0. The summed E-state index contributed by atoms with van der Waals surface area (Å²) in [4.78, 5) is 8.20. The zero-order chi connectivity index (χ0) is 17.2. The van der Waals surface area contributed by atoms with Gasteiger partial charge in [0.2, 0.25) is 0 Å². The largest absolute Gasteiger partial charge is 0.397 e. The van der Waals surface area contributed by atoms with E-state index in [4.69, 9.17) is 4.55 Å². The average Bonchev–Trinajstić information content (AvgIpc) is 3.07. The zero-order valence-corrected chi connectivity index (χ0v) is 15.2. The fourth-order valence-electron chi connectivity index (χ4n) is 1.34. The van der Waals surface area contributed by atoms with Crippen LogP contribution in [0.5, 0.6) is 0 Å². The Morgan fingerprint density at radius 3 is 1.39 bits per heavy atom. The van der Waals surface area contributed by atoms with E-state index >= 15 is 0 Å². The van der Waals surface area contributed by atoms with E-state index in [9.17, 15) is 8.42 Å². The molecule has 2 rings (SSSR count). The highest BCUT2D eigenvalue weighted by Gasteiger charge is 2.02. The summed E-state index contributed by atoms with van der Waals surface area (Å²) in [7, 11) is 0.764. The summed E-state index contributed by atoms with van der Waals surface area (Å²) in [5.41, 5.74) is 0. The second-order valence-electron chi connectivity index (χ2n) is 4.38. The maximum Gasteiger partial charge on any atom is 0.397 e. The van der Waals surface area contributed by atoms with E-state index in [0.29, 0.717) is 0 Å². The Hall–Kier alpha value is -1.68. The topological polar surface area (TPSA) is 76.6 Å². The van der Waals surface area contributed by atoms with Gasteiger partial charge in [0.05, 0.1) is 20.4 Å². The van der Waals surface area contributed by atoms with Crippen molar-refractivity contribution < 1.29 is 17.2 Å². The van der Waals surface area contributed by atoms with Gasteiger partial charge in [-0.3, -0.25) is 8.74 Å². The quantitative estimate of drug-likeness (QED) is 0.750. The van der Waals surface area contributed by atoms with E-state index in [1.54, 1.807) is 12.4 Å². The predicted octanol–water partition coefficient (Wildman–Crippen LogP) is 1.47. The van der Waals surface area contributed by atoms with Gasteiger partial charge in [0.1, 0.15) is 0 Å². The molecule has 0 bridgehead atoms. The minimum absolute atomic E-state index is 0. The Bertz CT molecular complexity index is 480. The number of nitrogens with zero attached hydrogens (tertiary/aromatic N) is 4. The van der Waals surface area contributed by atoms with Crippen molar-refractivity contribution in [2.75, 3.05) is 34.5 Å². The SMILES string of the molecule is C=CN1C=CN(C)C1.C=CN1C=CN(C)C1.COS(=O)(=O)O.Cl. The highest BCUT2D eigenvalue weighted by atomic mass is 35.5. The third kappa shape index (κ3) is 12.5. The molecule has 0 amide bonds. The van der Waals surface area contributed by atoms with Gasteiger partial charge in [0, 0.05) is 38.9 Å². The highest BCUT2D eigenvalue weighted by molar-refractivity contribution is 7.80. The van der Waals surface area contributed by atoms with E-state index in [1.165, 1.54) is 0 Å². The lowest BCUT2D eigenvalue weighted by Crippen LogP contribution is -2.16. The lowest BCUT2D eigenvalue weighted by Gasteiger charge is -2.11. The first kappa shape index (κ1) is 23.6. The van der Waals surface area contributed by atoms with Gasteiger partial charge in [-0.25, -0.2) is 0 Å². The van der Waals surface area contributed by atoms with Gasteiger partial charge in [-0.05, 0) is 12.4 Å². The van der Waals surface area contributed by atoms with Crippen molar-refractivity contribution >= 4 is 22.8 Å². The maximum absolute atomic E-state index is 9.33. The lowest BCUT2D eigenvalue weighted by molar-refractivity contribution is 0.324. The average molecular weight is 369 g/mol. The molecule has 0 aliphatic carbocycles. The van der Waals surface area contributed by atoms with Gasteiger partial charge in [-0.2, -0.15) is 8.42 Å². The van der Waals surface area contributed by atoms with E-state index in [-0.39, 0.29) is 12.4 Å². The molecule has 0 aromatic heterocycles. The summed E-state index contributed by atoms with van der Waals surface area (Å²) in [5.74, 6) is 0. The Kier molecular flexibility index (Phi) is 12.1. The fourth-order valence-corrected chi connectivity index (χ4v) is 1.34. The Labute approximate surface area is 145 Å². The summed E-state index contributed by atoms with van der Waals surface area (Å²) in [5, 5.41) is 0. The third-order valence-electron chi connectivity index (χ3n) is 2.48. The molecule has 0 aromatic rings. The Morgan fingerprint density at radius 1 is 1.00 bits per heavy atom. The van der Waals surface area contributed by atoms with Crippen molar-refractivity contribution in [3.8, 4) is 0 Å². The normalized spacial score (nSPS) is 15.3. The van der Waals surface area contributed by atoms with Crippen LogP contribution in [0.1, 0.15) is 0 Å². The number of rotatable bonds is 3. The van der Waals surface area contributed by atoms with Gasteiger partial charge >= 0.3 is 10.4 Å². The molecule has 0 unspecified atom stereocenters. The van der Waals surface area contributed by atoms with Crippen LogP contribution < -0.4 is 0 Å². The molecule has 0 spiro atoms. The minimum Gasteiger partial charge on any atom is -0.361 e. The van der Waals surface area contributed by atoms with Crippen LogP contribution in [0.4, 0.5) is 0 Å². The van der Waals surface area contributed by atoms with Gasteiger partial charge < -0.3 is 19.6 Å². The molecule has 10 heteroatoms. The van der Waals surface area contributed by atoms with Crippen molar-refractivity contribution in [2.45, 2.75) is 0 Å². The standard InChI is InChI=1S/2C6H10N2.CH4O4S.ClH/c2*1-3-8-5-4-7(2)6-8;1-5-6(2,3)4;/h2*3-5H,1,6H2,2H3;1H3,(H,2,3,4);1H. The molecule has 0 fully saturated rings. The van der Waals surface area contributed by atoms with Crippen LogP contribution in [-0.4, -0.2) is 67.1 Å². The zero-order valence-electron chi connectivity index (χ0n) is 13.6. The van der Waals surface area contributed by atoms with E-state index in [1.807, 2.05) is 48.7 Å². The van der Waals surface area contributed by atoms with Crippen LogP contribution in [0.15, 0.2) is 50.4 Å². The molecule has 0 radical (unpaired) electrons.